The second-order valence-electron chi connectivity index (χ2n) is 6.57. The van der Waals surface area contributed by atoms with Gasteiger partial charge < -0.3 is 9.64 Å². The van der Waals surface area contributed by atoms with E-state index in [0.717, 1.165) is 24.1 Å². The Morgan fingerprint density at radius 3 is 2.88 bits per heavy atom. The maximum Gasteiger partial charge on any atom is 0.268 e. The van der Waals surface area contributed by atoms with Crippen molar-refractivity contribution >= 4 is 34.8 Å². The Morgan fingerprint density at radius 1 is 1.23 bits per heavy atom. The highest BCUT2D eigenvalue weighted by atomic mass is 35.5. The topological polar surface area (TPSA) is 49.9 Å². The summed E-state index contributed by atoms with van der Waals surface area (Å²) in [6.45, 7) is 2.31. The summed E-state index contributed by atoms with van der Waals surface area (Å²) in [6, 6.07) is 13.0. The van der Waals surface area contributed by atoms with Gasteiger partial charge in [-0.05, 0) is 49.6 Å². The molecule has 2 heterocycles. The standard InChI is InChI=1S/C20H19ClN2O3/c1-13-20(25)23(17-11-15(21)8-9-18(17)26-13)12-19(24)22-10-4-6-14-5-2-3-7-16(14)22/h2-3,5,7-9,11,13H,4,6,10,12H2,1H3. The SMILES string of the molecule is CC1Oc2ccc(Cl)cc2N(CC(=O)N2CCCc3ccccc32)C1=O. The van der Waals surface area contributed by atoms with Crippen LogP contribution in [0.15, 0.2) is 42.5 Å². The average molecular weight is 371 g/mol. The van der Waals surface area contributed by atoms with Gasteiger partial charge in [0.05, 0.1) is 5.69 Å². The molecule has 0 aromatic heterocycles. The minimum absolute atomic E-state index is 0.0335. The first kappa shape index (κ1) is 16.9. The zero-order valence-electron chi connectivity index (χ0n) is 14.4. The summed E-state index contributed by atoms with van der Waals surface area (Å²) in [6.07, 6.45) is 1.25. The lowest BCUT2D eigenvalue weighted by atomic mass is 10.0. The van der Waals surface area contributed by atoms with Crippen molar-refractivity contribution in [2.45, 2.75) is 25.9 Å². The number of carbonyl (C=O) groups is 2. The number of amides is 2. The number of hydrogen-bond acceptors (Lipinski definition) is 3. The van der Waals surface area contributed by atoms with Gasteiger partial charge in [0.1, 0.15) is 12.3 Å². The molecular formula is C20H19ClN2O3. The van der Waals surface area contributed by atoms with E-state index in [9.17, 15) is 9.59 Å². The fourth-order valence-electron chi connectivity index (χ4n) is 3.56. The number of fused-ring (bicyclic) bond motifs is 2. The highest BCUT2D eigenvalue weighted by molar-refractivity contribution is 6.31. The van der Waals surface area contributed by atoms with Gasteiger partial charge in [0, 0.05) is 17.3 Å². The second-order valence-corrected chi connectivity index (χ2v) is 7.01. The van der Waals surface area contributed by atoms with Gasteiger partial charge in [-0.1, -0.05) is 29.8 Å². The van der Waals surface area contributed by atoms with Crippen molar-refractivity contribution in [3.05, 3.63) is 53.1 Å². The molecule has 2 aromatic carbocycles. The fraction of sp³-hybridized carbons (Fsp3) is 0.300. The van der Waals surface area contributed by atoms with E-state index in [-0.39, 0.29) is 18.4 Å². The largest absolute Gasteiger partial charge is 0.479 e. The Labute approximate surface area is 157 Å². The van der Waals surface area contributed by atoms with Gasteiger partial charge in [0.15, 0.2) is 6.10 Å². The fourth-order valence-corrected chi connectivity index (χ4v) is 3.72. The summed E-state index contributed by atoms with van der Waals surface area (Å²) < 4.78 is 5.64. The van der Waals surface area contributed by atoms with E-state index in [0.29, 0.717) is 23.0 Å². The molecule has 0 radical (unpaired) electrons. The number of nitrogens with zero attached hydrogens (tertiary/aromatic N) is 2. The van der Waals surface area contributed by atoms with Crippen molar-refractivity contribution in [1.29, 1.82) is 0 Å². The molecule has 0 N–H and O–H groups in total. The molecule has 5 nitrogen and oxygen atoms in total. The van der Waals surface area contributed by atoms with Crippen LogP contribution in [-0.2, 0) is 16.0 Å². The van der Waals surface area contributed by atoms with Gasteiger partial charge in [-0.3, -0.25) is 14.5 Å². The lowest BCUT2D eigenvalue weighted by Crippen LogP contribution is -2.50. The Bertz CT molecular complexity index is 883. The molecule has 0 spiro atoms. The number of hydrogen-bond donors (Lipinski definition) is 0. The van der Waals surface area contributed by atoms with Crippen LogP contribution in [0.4, 0.5) is 11.4 Å². The number of ether oxygens (including phenoxy) is 1. The van der Waals surface area contributed by atoms with Gasteiger partial charge >= 0.3 is 0 Å². The third kappa shape index (κ3) is 2.92. The van der Waals surface area contributed by atoms with Gasteiger partial charge in [0.2, 0.25) is 5.91 Å². The van der Waals surface area contributed by atoms with Crippen LogP contribution in [0.3, 0.4) is 0 Å². The number of para-hydroxylation sites is 1. The number of anilines is 2. The van der Waals surface area contributed by atoms with Crippen LogP contribution in [0.2, 0.25) is 5.02 Å². The van der Waals surface area contributed by atoms with Crippen molar-refractivity contribution in [3.63, 3.8) is 0 Å². The highest BCUT2D eigenvalue weighted by Gasteiger charge is 2.34. The van der Waals surface area contributed by atoms with Crippen LogP contribution in [0.5, 0.6) is 5.75 Å². The third-order valence-electron chi connectivity index (χ3n) is 4.83. The van der Waals surface area contributed by atoms with Crippen molar-refractivity contribution in [1.82, 2.24) is 0 Å². The lowest BCUT2D eigenvalue weighted by molar-refractivity contribution is -0.127. The number of aryl methyl sites for hydroxylation is 1. The molecule has 0 saturated carbocycles. The normalized spacial score (nSPS) is 18.8. The molecule has 2 aromatic rings. The second kappa shape index (κ2) is 6.65. The Morgan fingerprint density at radius 2 is 2.04 bits per heavy atom. The first-order valence-corrected chi connectivity index (χ1v) is 9.08. The van der Waals surface area contributed by atoms with Crippen LogP contribution >= 0.6 is 11.6 Å². The molecule has 134 valence electrons. The summed E-state index contributed by atoms with van der Waals surface area (Å²) in [5, 5.41) is 0.496. The van der Waals surface area contributed by atoms with E-state index in [1.54, 1.807) is 30.0 Å². The number of benzene rings is 2. The molecular weight excluding hydrogens is 352 g/mol. The highest BCUT2D eigenvalue weighted by Crippen LogP contribution is 2.36. The average Bonchev–Trinajstić information content (AvgIpc) is 2.65. The predicted octanol–water partition coefficient (Wildman–Crippen LogP) is 3.43. The smallest absolute Gasteiger partial charge is 0.268 e. The molecule has 26 heavy (non-hydrogen) atoms. The van der Waals surface area contributed by atoms with E-state index >= 15 is 0 Å². The zero-order chi connectivity index (χ0) is 18.3. The molecule has 2 aliphatic heterocycles. The van der Waals surface area contributed by atoms with Crippen LogP contribution < -0.4 is 14.5 Å². The molecule has 0 bridgehead atoms. The molecule has 0 saturated heterocycles. The Kier molecular flexibility index (Phi) is 4.32. The summed E-state index contributed by atoms with van der Waals surface area (Å²) >= 11 is 6.09. The number of halogens is 1. The van der Waals surface area contributed by atoms with Crippen LogP contribution in [-0.4, -0.2) is 31.0 Å². The van der Waals surface area contributed by atoms with Gasteiger partial charge in [-0.15, -0.1) is 0 Å². The number of carbonyl (C=O) groups excluding carboxylic acids is 2. The van der Waals surface area contributed by atoms with Crippen LogP contribution in [0.25, 0.3) is 0 Å². The van der Waals surface area contributed by atoms with Crippen molar-refractivity contribution in [3.8, 4) is 5.75 Å². The Hall–Kier alpha value is -2.53. The molecule has 6 heteroatoms. The van der Waals surface area contributed by atoms with E-state index in [2.05, 4.69) is 0 Å². The van der Waals surface area contributed by atoms with E-state index in [1.807, 2.05) is 24.3 Å². The molecule has 0 fully saturated rings. The van der Waals surface area contributed by atoms with E-state index < -0.39 is 6.10 Å². The minimum Gasteiger partial charge on any atom is -0.479 e. The monoisotopic (exact) mass is 370 g/mol. The Balaban J connectivity index is 1.64. The molecule has 1 atom stereocenters. The summed E-state index contributed by atoms with van der Waals surface area (Å²) in [5.41, 5.74) is 2.64. The lowest BCUT2D eigenvalue weighted by Gasteiger charge is -2.35. The molecule has 1 unspecified atom stereocenters. The van der Waals surface area contributed by atoms with Crippen LogP contribution in [0.1, 0.15) is 18.9 Å². The van der Waals surface area contributed by atoms with E-state index in [1.165, 1.54) is 4.90 Å². The van der Waals surface area contributed by atoms with Crippen molar-refractivity contribution in [2.75, 3.05) is 22.9 Å². The summed E-state index contributed by atoms with van der Waals surface area (Å²) in [5.74, 6) is 0.220. The first-order chi connectivity index (χ1) is 12.5. The van der Waals surface area contributed by atoms with Gasteiger partial charge in [0.25, 0.3) is 5.91 Å². The quantitative estimate of drug-likeness (QED) is 0.813. The van der Waals surface area contributed by atoms with Crippen molar-refractivity contribution in [2.24, 2.45) is 0 Å². The number of rotatable bonds is 2. The van der Waals surface area contributed by atoms with E-state index in [4.69, 9.17) is 16.3 Å². The molecule has 2 aliphatic rings. The zero-order valence-corrected chi connectivity index (χ0v) is 15.2. The molecule has 0 aliphatic carbocycles. The third-order valence-corrected chi connectivity index (χ3v) is 5.07. The van der Waals surface area contributed by atoms with Gasteiger partial charge in [-0.2, -0.15) is 0 Å². The first-order valence-electron chi connectivity index (χ1n) is 8.70. The summed E-state index contributed by atoms with van der Waals surface area (Å²) in [4.78, 5) is 28.9. The molecule has 4 rings (SSSR count). The van der Waals surface area contributed by atoms with Crippen molar-refractivity contribution < 1.29 is 14.3 Å². The minimum atomic E-state index is -0.634. The maximum absolute atomic E-state index is 13.0. The predicted molar refractivity (Wildman–Crippen MR) is 101 cm³/mol. The summed E-state index contributed by atoms with van der Waals surface area (Å²) in [7, 11) is 0. The van der Waals surface area contributed by atoms with Crippen LogP contribution in [0, 0.1) is 0 Å². The van der Waals surface area contributed by atoms with Gasteiger partial charge in [-0.25, -0.2) is 0 Å². The maximum atomic E-state index is 13.0. The molecule has 2 amide bonds.